The van der Waals surface area contributed by atoms with Gasteiger partial charge in [-0.15, -0.1) is 0 Å². The molecule has 0 fully saturated rings. The van der Waals surface area contributed by atoms with Gasteiger partial charge in [-0.3, -0.25) is 9.78 Å². The Bertz CT molecular complexity index is 1370. The molecule has 5 heteroatoms. The number of amides is 1. The predicted molar refractivity (Wildman–Crippen MR) is 129 cm³/mol. The van der Waals surface area contributed by atoms with Crippen LogP contribution in [0.3, 0.4) is 0 Å². The third kappa shape index (κ3) is 4.18. The maximum Gasteiger partial charge on any atom is 0.256 e. The molecule has 0 bridgehead atoms. The number of carbonyl (C=O) groups excluding carboxylic acids is 1. The highest BCUT2D eigenvalue weighted by atomic mass is 16.1. The number of carbonyl (C=O) groups is 1. The van der Waals surface area contributed by atoms with Gasteiger partial charge in [0.2, 0.25) is 0 Å². The van der Waals surface area contributed by atoms with E-state index in [-0.39, 0.29) is 5.91 Å². The minimum absolute atomic E-state index is 0.178. The van der Waals surface area contributed by atoms with Crippen LogP contribution in [0.4, 0.5) is 17.1 Å². The molecule has 0 saturated heterocycles. The van der Waals surface area contributed by atoms with E-state index in [1.165, 1.54) is 0 Å². The summed E-state index contributed by atoms with van der Waals surface area (Å²) in [5.74, 6) is -0.178. The van der Waals surface area contributed by atoms with E-state index < -0.39 is 0 Å². The number of rotatable bonds is 5. The van der Waals surface area contributed by atoms with Gasteiger partial charge in [0.15, 0.2) is 0 Å². The van der Waals surface area contributed by atoms with Crippen molar-refractivity contribution in [3.05, 3.63) is 115 Å². The molecule has 0 aliphatic carbocycles. The van der Waals surface area contributed by atoms with Gasteiger partial charge in [0.05, 0.1) is 16.8 Å². The number of nitrogens with zero attached hydrogens (tertiary/aromatic N) is 2. The average molecular weight is 416 g/mol. The predicted octanol–water partition coefficient (Wildman–Crippen LogP) is 6.29. The second-order valence-electron chi connectivity index (χ2n) is 7.33. The van der Waals surface area contributed by atoms with Crippen molar-refractivity contribution in [1.82, 2.24) is 9.97 Å². The summed E-state index contributed by atoms with van der Waals surface area (Å²) >= 11 is 0. The minimum Gasteiger partial charge on any atom is -0.356 e. The topological polar surface area (TPSA) is 66.9 Å². The van der Waals surface area contributed by atoms with E-state index in [9.17, 15) is 4.79 Å². The first-order valence-corrected chi connectivity index (χ1v) is 10.3. The average Bonchev–Trinajstić information content (AvgIpc) is 2.85. The summed E-state index contributed by atoms with van der Waals surface area (Å²) in [7, 11) is 0. The Morgan fingerprint density at radius 1 is 0.688 bits per heavy atom. The van der Waals surface area contributed by atoms with E-state index in [0.29, 0.717) is 5.56 Å². The molecule has 0 aliphatic heterocycles. The third-order valence-corrected chi connectivity index (χ3v) is 5.14. The van der Waals surface area contributed by atoms with Crippen LogP contribution in [-0.2, 0) is 0 Å². The largest absolute Gasteiger partial charge is 0.356 e. The van der Waals surface area contributed by atoms with E-state index in [0.717, 1.165) is 39.2 Å². The molecule has 0 saturated carbocycles. The summed E-state index contributed by atoms with van der Waals surface area (Å²) in [6, 6.07) is 30.9. The second kappa shape index (κ2) is 8.70. The number of nitrogens with one attached hydrogen (secondary N) is 2. The van der Waals surface area contributed by atoms with E-state index in [4.69, 9.17) is 4.98 Å². The standard InChI is InChI=1S/C27H20N4O/c32-27(30-22-12-10-21(11-13-22)29-20-6-2-1-3-7-20)24-18-26(19-14-16-28-17-15-19)31-25-9-5-4-8-23(24)25/h1-18,29H,(H,30,32). The lowest BCUT2D eigenvalue weighted by atomic mass is 10.0. The third-order valence-electron chi connectivity index (χ3n) is 5.14. The van der Waals surface area contributed by atoms with Gasteiger partial charge in [-0.05, 0) is 60.7 Å². The highest BCUT2D eigenvalue weighted by Gasteiger charge is 2.14. The molecule has 5 nitrogen and oxygen atoms in total. The van der Waals surface area contributed by atoms with Crippen LogP contribution in [0.5, 0.6) is 0 Å². The summed E-state index contributed by atoms with van der Waals surface area (Å²) in [6.45, 7) is 0. The molecule has 0 spiro atoms. The molecule has 5 aromatic rings. The Balaban J connectivity index is 1.42. The fourth-order valence-electron chi connectivity index (χ4n) is 3.56. The highest BCUT2D eigenvalue weighted by Crippen LogP contribution is 2.26. The normalized spacial score (nSPS) is 10.6. The van der Waals surface area contributed by atoms with Gasteiger partial charge < -0.3 is 10.6 Å². The van der Waals surface area contributed by atoms with Gasteiger partial charge in [-0.25, -0.2) is 4.98 Å². The Hall–Kier alpha value is -4.51. The van der Waals surface area contributed by atoms with Crippen LogP contribution in [0.25, 0.3) is 22.2 Å². The van der Waals surface area contributed by atoms with Crippen LogP contribution in [-0.4, -0.2) is 15.9 Å². The summed E-state index contributed by atoms with van der Waals surface area (Å²) in [4.78, 5) is 22.0. The van der Waals surface area contributed by atoms with E-state index in [1.807, 2.05) is 97.1 Å². The maximum atomic E-state index is 13.2. The first-order valence-electron chi connectivity index (χ1n) is 10.3. The molecule has 0 aliphatic rings. The SMILES string of the molecule is O=C(Nc1ccc(Nc2ccccc2)cc1)c1cc(-c2ccncc2)nc2ccccc12. The number of hydrogen-bond acceptors (Lipinski definition) is 4. The first kappa shape index (κ1) is 19.5. The highest BCUT2D eigenvalue weighted by molar-refractivity contribution is 6.13. The van der Waals surface area contributed by atoms with Crippen molar-refractivity contribution in [2.75, 3.05) is 10.6 Å². The van der Waals surface area contributed by atoms with Crippen molar-refractivity contribution in [3.63, 3.8) is 0 Å². The molecule has 5 rings (SSSR count). The summed E-state index contributed by atoms with van der Waals surface area (Å²) < 4.78 is 0. The molecule has 154 valence electrons. The van der Waals surface area contributed by atoms with Gasteiger partial charge in [-0.1, -0.05) is 36.4 Å². The van der Waals surface area contributed by atoms with E-state index in [2.05, 4.69) is 15.6 Å². The molecule has 0 unspecified atom stereocenters. The van der Waals surface area contributed by atoms with Crippen molar-refractivity contribution in [3.8, 4) is 11.3 Å². The van der Waals surface area contributed by atoms with Crippen molar-refractivity contribution >= 4 is 33.9 Å². The van der Waals surface area contributed by atoms with Crippen molar-refractivity contribution < 1.29 is 4.79 Å². The second-order valence-corrected chi connectivity index (χ2v) is 7.33. The van der Waals surface area contributed by atoms with Crippen molar-refractivity contribution in [2.45, 2.75) is 0 Å². The molecule has 2 heterocycles. The lowest BCUT2D eigenvalue weighted by Gasteiger charge is -2.11. The summed E-state index contributed by atoms with van der Waals surface area (Å²) in [5.41, 5.74) is 5.68. The Labute approximate surface area is 185 Å². The number of hydrogen-bond donors (Lipinski definition) is 2. The molecule has 2 aromatic heterocycles. The smallest absolute Gasteiger partial charge is 0.256 e. The van der Waals surface area contributed by atoms with Crippen molar-refractivity contribution in [2.24, 2.45) is 0 Å². The molecule has 32 heavy (non-hydrogen) atoms. The summed E-state index contributed by atoms with van der Waals surface area (Å²) in [6.07, 6.45) is 3.44. The quantitative estimate of drug-likeness (QED) is 0.353. The monoisotopic (exact) mass is 416 g/mol. The molecule has 3 aromatic carbocycles. The van der Waals surface area contributed by atoms with Crippen LogP contribution in [0.15, 0.2) is 109 Å². The van der Waals surface area contributed by atoms with Crippen molar-refractivity contribution in [1.29, 1.82) is 0 Å². The fraction of sp³-hybridized carbons (Fsp3) is 0. The number of anilines is 3. The van der Waals surface area contributed by atoms with E-state index >= 15 is 0 Å². The van der Waals surface area contributed by atoms with Crippen LogP contribution >= 0.6 is 0 Å². The maximum absolute atomic E-state index is 13.2. The molecule has 1 amide bonds. The minimum atomic E-state index is -0.178. The number of benzene rings is 3. The van der Waals surface area contributed by atoms with E-state index in [1.54, 1.807) is 12.4 Å². The van der Waals surface area contributed by atoms with Crippen LogP contribution in [0, 0.1) is 0 Å². The fourth-order valence-corrected chi connectivity index (χ4v) is 3.56. The summed E-state index contributed by atoms with van der Waals surface area (Å²) in [5, 5.41) is 7.16. The number of fused-ring (bicyclic) bond motifs is 1. The van der Waals surface area contributed by atoms with Crippen LogP contribution in [0.2, 0.25) is 0 Å². The zero-order valence-corrected chi connectivity index (χ0v) is 17.2. The Kier molecular flexibility index (Phi) is 5.29. The van der Waals surface area contributed by atoms with Crippen LogP contribution < -0.4 is 10.6 Å². The zero-order chi connectivity index (χ0) is 21.8. The van der Waals surface area contributed by atoms with Gasteiger partial charge in [-0.2, -0.15) is 0 Å². The Morgan fingerprint density at radius 2 is 1.34 bits per heavy atom. The first-order chi connectivity index (χ1) is 15.8. The molecular weight excluding hydrogens is 396 g/mol. The van der Waals surface area contributed by atoms with Gasteiger partial charge >= 0.3 is 0 Å². The molecule has 0 atom stereocenters. The molecule has 2 N–H and O–H groups in total. The number of aromatic nitrogens is 2. The zero-order valence-electron chi connectivity index (χ0n) is 17.2. The lowest BCUT2D eigenvalue weighted by molar-refractivity contribution is 0.102. The number of pyridine rings is 2. The van der Waals surface area contributed by atoms with Gasteiger partial charge in [0.25, 0.3) is 5.91 Å². The lowest BCUT2D eigenvalue weighted by Crippen LogP contribution is -2.13. The van der Waals surface area contributed by atoms with Gasteiger partial charge in [0, 0.05) is 40.4 Å². The Morgan fingerprint density at radius 3 is 2.12 bits per heavy atom. The molecular formula is C27H20N4O. The van der Waals surface area contributed by atoms with Crippen LogP contribution in [0.1, 0.15) is 10.4 Å². The number of para-hydroxylation sites is 2. The van der Waals surface area contributed by atoms with Gasteiger partial charge in [0.1, 0.15) is 0 Å². The molecule has 0 radical (unpaired) electrons.